The molecule has 0 aliphatic heterocycles. The van der Waals surface area contributed by atoms with Crippen LogP contribution in [0.25, 0.3) is 0 Å². The van der Waals surface area contributed by atoms with E-state index >= 15 is 0 Å². The minimum Gasteiger partial charge on any atom is -0.493 e. The van der Waals surface area contributed by atoms with Crippen LogP contribution in [0.15, 0.2) is 24.3 Å². The van der Waals surface area contributed by atoms with Crippen LogP contribution in [-0.2, 0) is 4.79 Å². The van der Waals surface area contributed by atoms with Gasteiger partial charge in [0.2, 0.25) is 5.91 Å². The molecule has 0 aliphatic carbocycles. The summed E-state index contributed by atoms with van der Waals surface area (Å²) in [6.45, 7) is 3.89. The molecular formula is C14H20FNO3. The van der Waals surface area contributed by atoms with Crippen molar-refractivity contribution in [3.63, 3.8) is 0 Å². The number of ether oxygens (including phenoxy) is 1. The predicted octanol–water partition coefficient (Wildman–Crippen LogP) is 1.87. The second kappa shape index (κ2) is 7.09. The van der Waals surface area contributed by atoms with E-state index in [2.05, 4.69) is 5.32 Å². The van der Waals surface area contributed by atoms with Crippen molar-refractivity contribution < 1.29 is 19.0 Å². The zero-order valence-corrected chi connectivity index (χ0v) is 11.3. The van der Waals surface area contributed by atoms with Gasteiger partial charge in [-0.3, -0.25) is 4.79 Å². The molecule has 0 fully saturated rings. The quantitative estimate of drug-likeness (QED) is 0.794. The van der Waals surface area contributed by atoms with E-state index in [0.717, 1.165) is 0 Å². The van der Waals surface area contributed by atoms with E-state index < -0.39 is 5.60 Å². The Kier molecular flexibility index (Phi) is 5.76. The third kappa shape index (κ3) is 6.20. The normalized spacial score (nSPS) is 13.7. The summed E-state index contributed by atoms with van der Waals surface area (Å²) in [5.74, 6) is -0.181. The van der Waals surface area contributed by atoms with Gasteiger partial charge in [0.1, 0.15) is 11.6 Å². The smallest absolute Gasteiger partial charge is 0.223 e. The summed E-state index contributed by atoms with van der Waals surface area (Å²) >= 11 is 0. The number of rotatable bonds is 7. The second-order valence-electron chi connectivity index (χ2n) is 4.68. The van der Waals surface area contributed by atoms with Crippen molar-refractivity contribution >= 4 is 5.91 Å². The molecule has 0 radical (unpaired) electrons. The lowest BCUT2D eigenvalue weighted by Crippen LogP contribution is -2.40. The van der Waals surface area contributed by atoms with Crippen LogP contribution in [0, 0.1) is 5.82 Å². The van der Waals surface area contributed by atoms with Gasteiger partial charge in [-0.1, -0.05) is 13.0 Å². The van der Waals surface area contributed by atoms with Crippen molar-refractivity contribution in [2.45, 2.75) is 32.3 Å². The minimum atomic E-state index is -0.890. The highest BCUT2D eigenvalue weighted by Gasteiger charge is 2.18. The molecule has 0 saturated heterocycles. The van der Waals surface area contributed by atoms with Gasteiger partial charge in [-0.15, -0.1) is 0 Å². The summed E-state index contributed by atoms with van der Waals surface area (Å²) in [5.41, 5.74) is -0.890. The number of aliphatic hydroxyl groups is 1. The van der Waals surface area contributed by atoms with E-state index in [9.17, 15) is 14.3 Å². The van der Waals surface area contributed by atoms with Crippen LogP contribution in [0.1, 0.15) is 26.7 Å². The van der Waals surface area contributed by atoms with Gasteiger partial charge >= 0.3 is 0 Å². The van der Waals surface area contributed by atoms with E-state index in [1.165, 1.54) is 12.1 Å². The Morgan fingerprint density at radius 3 is 2.89 bits per heavy atom. The fourth-order valence-corrected chi connectivity index (χ4v) is 1.32. The van der Waals surface area contributed by atoms with E-state index in [4.69, 9.17) is 4.74 Å². The highest BCUT2D eigenvalue weighted by molar-refractivity contribution is 5.76. The van der Waals surface area contributed by atoms with Gasteiger partial charge in [-0.05, 0) is 25.5 Å². The maximum Gasteiger partial charge on any atom is 0.223 e. The van der Waals surface area contributed by atoms with Crippen LogP contribution in [0.2, 0.25) is 0 Å². The predicted molar refractivity (Wildman–Crippen MR) is 70.4 cm³/mol. The minimum absolute atomic E-state index is 0.163. The number of carbonyl (C=O) groups is 1. The maximum atomic E-state index is 12.9. The molecule has 1 amide bonds. The number of hydrogen-bond donors (Lipinski definition) is 2. The van der Waals surface area contributed by atoms with Gasteiger partial charge in [-0.25, -0.2) is 4.39 Å². The average molecular weight is 269 g/mol. The molecule has 2 N–H and O–H groups in total. The van der Waals surface area contributed by atoms with Crippen LogP contribution >= 0.6 is 0 Å². The monoisotopic (exact) mass is 269 g/mol. The molecule has 1 aromatic carbocycles. The fraction of sp³-hybridized carbons (Fsp3) is 0.500. The molecule has 0 heterocycles. The lowest BCUT2D eigenvalue weighted by atomic mass is 10.0. The Hall–Kier alpha value is -1.62. The summed E-state index contributed by atoms with van der Waals surface area (Å²) in [7, 11) is 0. The third-order valence-corrected chi connectivity index (χ3v) is 2.82. The van der Waals surface area contributed by atoms with Gasteiger partial charge in [0.15, 0.2) is 0 Å². The molecular weight excluding hydrogens is 249 g/mol. The molecule has 106 valence electrons. The third-order valence-electron chi connectivity index (χ3n) is 2.82. The zero-order chi connectivity index (χ0) is 14.3. The summed E-state index contributed by atoms with van der Waals surface area (Å²) in [5, 5.41) is 12.3. The van der Waals surface area contributed by atoms with Crippen molar-refractivity contribution in [1.82, 2.24) is 5.32 Å². The second-order valence-corrected chi connectivity index (χ2v) is 4.68. The number of benzene rings is 1. The first-order valence-electron chi connectivity index (χ1n) is 6.30. The molecule has 0 aromatic heterocycles. The number of amides is 1. The Bertz CT molecular complexity index is 421. The molecule has 4 nitrogen and oxygen atoms in total. The van der Waals surface area contributed by atoms with E-state index in [1.54, 1.807) is 19.1 Å². The Balaban J connectivity index is 2.24. The van der Waals surface area contributed by atoms with Gasteiger partial charge in [0, 0.05) is 12.6 Å². The van der Waals surface area contributed by atoms with Crippen LogP contribution in [0.5, 0.6) is 5.75 Å². The lowest BCUT2D eigenvalue weighted by Gasteiger charge is -2.21. The SMILES string of the molecule is CCC(C)(O)CNC(=O)CCOc1cccc(F)c1. The number of halogens is 1. The molecule has 1 unspecified atom stereocenters. The van der Waals surface area contributed by atoms with E-state index in [-0.39, 0.29) is 31.3 Å². The Labute approximate surface area is 112 Å². The number of nitrogens with one attached hydrogen (secondary N) is 1. The van der Waals surface area contributed by atoms with Crippen LogP contribution in [0.4, 0.5) is 4.39 Å². The molecule has 1 atom stereocenters. The topological polar surface area (TPSA) is 58.6 Å². The highest BCUT2D eigenvalue weighted by atomic mass is 19.1. The first-order valence-corrected chi connectivity index (χ1v) is 6.30. The van der Waals surface area contributed by atoms with Gasteiger partial charge in [0.05, 0.1) is 18.6 Å². The average Bonchev–Trinajstić information content (AvgIpc) is 2.37. The zero-order valence-electron chi connectivity index (χ0n) is 11.3. The molecule has 0 bridgehead atoms. The Morgan fingerprint density at radius 2 is 2.26 bits per heavy atom. The molecule has 1 aromatic rings. The fourth-order valence-electron chi connectivity index (χ4n) is 1.32. The Morgan fingerprint density at radius 1 is 1.53 bits per heavy atom. The molecule has 0 aliphatic rings. The summed E-state index contributed by atoms with van der Waals surface area (Å²) in [6, 6.07) is 5.76. The van der Waals surface area contributed by atoms with Gasteiger partial charge in [0.25, 0.3) is 0 Å². The molecule has 0 spiro atoms. The first-order chi connectivity index (χ1) is 8.93. The van der Waals surface area contributed by atoms with Crippen LogP contribution < -0.4 is 10.1 Å². The van der Waals surface area contributed by atoms with Crippen molar-refractivity contribution in [1.29, 1.82) is 0 Å². The lowest BCUT2D eigenvalue weighted by molar-refractivity contribution is -0.122. The number of carbonyl (C=O) groups excluding carboxylic acids is 1. The number of hydrogen-bond acceptors (Lipinski definition) is 3. The standard InChI is InChI=1S/C14H20FNO3/c1-3-14(2,18)10-16-13(17)7-8-19-12-6-4-5-11(15)9-12/h4-6,9,18H,3,7-8,10H2,1-2H3,(H,16,17). The highest BCUT2D eigenvalue weighted by Crippen LogP contribution is 2.12. The van der Waals surface area contributed by atoms with Crippen molar-refractivity contribution in [2.75, 3.05) is 13.2 Å². The molecule has 1 rings (SSSR count). The van der Waals surface area contributed by atoms with Crippen LogP contribution in [0.3, 0.4) is 0 Å². The maximum absolute atomic E-state index is 12.9. The van der Waals surface area contributed by atoms with Gasteiger partial charge < -0.3 is 15.2 Å². The van der Waals surface area contributed by atoms with Gasteiger partial charge in [-0.2, -0.15) is 0 Å². The van der Waals surface area contributed by atoms with Crippen molar-refractivity contribution in [3.05, 3.63) is 30.1 Å². The van der Waals surface area contributed by atoms with Crippen molar-refractivity contribution in [3.8, 4) is 5.75 Å². The van der Waals surface area contributed by atoms with E-state index in [0.29, 0.717) is 12.2 Å². The summed E-state index contributed by atoms with van der Waals surface area (Å²) < 4.78 is 18.1. The van der Waals surface area contributed by atoms with Crippen molar-refractivity contribution in [2.24, 2.45) is 0 Å². The molecule has 5 heteroatoms. The molecule has 19 heavy (non-hydrogen) atoms. The largest absolute Gasteiger partial charge is 0.493 e. The summed E-state index contributed by atoms with van der Waals surface area (Å²) in [6.07, 6.45) is 0.726. The van der Waals surface area contributed by atoms with E-state index in [1.807, 2.05) is 6.92 Å². The summed E-state index contributed by atoms with van der Waals surface area (Å²) in [4.78, 5) is 11.5. The molecule has 0 saturated carbocycles. The van der Waals surface area contributed by atoms with Crippen LogP contribution in [-0.4, -0.2) is 29.8 Å². The first kappa shape index (κ1) is 15.4.